The highest BCUT2D eigenvalue weighted by Crippen LogP contribution is 2.20. The molecule has 0 saturated heterocycles. The minimum absolute atomic E-state index is 0.0601. The van der Waals surface area contributed by atoms with E-state index in [0.29, 0.717) is 24.3 Å². The third-order valence-corrected chi connectivity index (χ3v) is 4.67. The standard InChI is InChI=1S/C22H19F2N3O2S/c23-16-5-3-4-15(14-16)12-13-25-22(29)27(30)18-10-8-17(9-11-18)26-21(28)19-6-1-2-7-20(19)24/h1-11,14,30H,12-13H2,(H,25,29)(H,26,28). The molecule has 3 rings (SSSR count). The average molecular weight is 427 g/mol. The zero-order valence-corrected chi connectivity index (χ0v) is 16.7. The van der Waals surface area contributed by atoms with Crippen molar-refractivity contribution in [3.8, 4) is 0 Å². The lowest BCUT2D eigenvalue weighted by Gasteiger charge is -2.17. The van der Waals surface area contributed by atoms with Crippen molar-refractivity contribution in [2.24, 2.45) is 0 Å². The molecule has 0 saturated carbocycles. The molecular formula is C22H19F2N3O2S. The van der Waals surface area contributed by atoms with E-state index in [1.54, 1.807) is 42.5 Å². The fourth-order valence-electron chi connectivity index (χ4n) is 2.73. The molecule has 3 amide bonds. The molecule has 0 unspecified atom stereocenters. The summed E-state index contributed by atoms with van der Waals surface area (Å²) in [5.41, 5.74) is 1.64. The lowest BCUT2D eigenvalue weighted by molar-refractivity contribution is 0.102. The van der Waals surface area contributed by atoms with E-state index in [2.05, 4.69) is 23.4 Å². The van der Waals surface area contributed by atoms with Crippen molar-refractivity contribution >= 4 is 36.1 Å². The number of halogens is 2. The molecule has 3 aromatic carbocycles. The van der Waals surface area contributed by atoms with Crippen molar-refractivity contribution in [2.45, 2.75) is 6.42 Å². The van der Waals surface area contributed by atoms with E-state index in [4.69, 9.17) is 0 Å². The highest BCUT2D eigenvalue weighted by molar-refractivity contribution is 7.82. The van der Waals surface area contributed by atoms with Crippen LogP contribution in [0.2, 0.25) is 0 Å². The number of carbonyl (C=O) groups is 2. The van der Waals surface area contributed by atoms with Crippen LogP contribution in [0.25, 0.3) is 0 Å². The molecule has 8 heteroatoms. The number of benzene rings is 3. The largest absolute Gasteiger partial charge is 0.337 e. The molecule has 0 aromatic heterocycles. The van der Waals surface area contributed by atoms with E-state index >= 15 is 0 Å². The molecule has 0 aliphatic heterocycles. The Hall–Kier alpha value is -3.39. The molecule has 2 N–H and O–H groups in total. The Morgan fingerprint density at radius 3 is 2.37 bits per heavy atom. The number of rotatable bonds is 6. The van der Waals surface area contributed by atoms with Crippen LogP contribution in [0, 0.1) is 11.6 Å². The van der Waals surface area contributed by atoms with Crippen LogP contribution in [0.1, 0.15) is 15.9 Å². The van der Waals surface area contributed by atoms with Gasteiger partial charge in [0, 0.05) is 12.2 Å². The first kappa shape index (κ1) is 21.3. The number of amides is 3. The van der Waals surface area contributed by atoms with Gasteiger partial charge in [0.2, 0.25) is 0 Å². The Labute approximate surface area is 178 Å². The summed E-state index contributed by atoms with van der Waals surface area (Å²) < 4.78 is 28.0. The van der Waals surface area contributed by atoms with Crippen LogP contribution < -0.4 is 14.9 Å². The van der Waals surface area contributed by atoms with Gasteiger partial charge in [-0.05, 0) is 60.5 Å². The van der Waals surface area contributed by atoms with E-state index in [0.717, 1.165) is 9.87 Å². The van der Waals surface area contributed by atoms with Gasteiger partial charge in [-0.2, -0.15) is 0 Å². The van der Waals surface area contributed by atoms with Gasteiger partial charge in [0.25, 0.3) is 5.91 Å². The third kappa shape index (κ3) is 5.57. The van der Waals surface area contributed by atoms with Crippen molar-refractivity contribution in [3.63, 3.8) is 0 Å². The molecule has 30 heavy (non-hydrogen) atoms. The maximum Gasteiger partial charge on any atom is 0.331 e. The van der Waals surface area contributed by atoms with Crippen LogP contribution in [0.5, 0.6) is 0 Å². The minimum Gasteiger partial charge on any atom is -0.337 e. The van der Waals surface area contributed by atoms with Gasteiger partial charge in [-0.15, -0.1) is 0 Å². The van der Waals surface area contributed by atoms with Crippen molar-refractivity contribution in [1.29, 1.82) is 0 Å². The molecule has 0 atom stereocenters. The fourth-order valence-corrected chi connectivity index (χ4v) is 2.93. The number of thiol groups is 1. The van der Waals surface area contributed by atoms with Gasteiger partial charge < -0.3 is 10.6 Å². The van der Waals surface area contributed by atoms with Crippen LogP contribution in [-0.2, 0) is 6.42 Å². The van der Waals surface area contributed by atoms with Crippen molar-refractivity contribution in [1.82, 2.24) is 5.32 Å². The average Bonchev–Trinajstić information content (AvgIpc) is 2.74. The Balaban J connectivity index is 1.53. The monoisotopic (exact) mass is 427 g/mol. The van der Waals surface area contributed by atoms with E-state index in [-0.39, 0.29) is 11.4 Å². The van der Waals surface area contributed by atoms with Gasteiger partial charge >= 0.3 is 6.03 Å². The van der Waals surface area contributed by atoms with Gasteiger partial charge in [0.1, 0.15) is 11.6 Å². The summed E-state index contributed by atoms with van der Waals surface area (Å²) >= 11 is 4.19. The van der Waals surface area contributed by atoms with Gasteiger partial charge in [0.05, 0.1) is 11.3 Å². The number of urea groups is 1. The highest BCUT2D eigenvalue weighted by atomic mass is 32.1. The molecule has 0 heterocycles. The second-order valence-corrected chi connectivity index (χ2v) is 6.80. The lowest BCUT2D eigenvalue weighted by Crippen LogP contribution is -2.35. The zero-order chi connectivity index (χ0) is 21.5. The summed E-state index contributed by atoms with van der Waals surface area (Å²) in [6, 6.07) is 17.8. The summed E-state index contributed by atoms with van der Waals surface area (Å²) in [4.78, 5) is 24.4. The van der Waals surface area contributed by atoms with Crippen LogP contribution in [0.4, 0.5) is 25.0 Å². The summed E-state index contributed by atoms with van der Waals surface area (Å²) in [5.74, 6) is -1.50. The normalized spacial score (nSPS) is 10.4. The van der Waals surface area contributed by atoms with Crippen molar-refractivity contribution in [3.05, 3.63) is 95.6 Å². The number of nitrogens with one attached hydrogen (secondary N) is 2. The molecular weight excluding hydrogens is 408 g/mol. The third-order valence-electron chi connectivity index (χ3n) is 4.26. The van der Waals surface area contributed by atoms with E-state index in [9.17, 15) is 18.4 Å². The molecule has 0 fully saturated rings. The summed E-state index contributed by atoms with van der Waals surface area (Å²) in [7, 11) is 0. The lowest BCUT2D eigenvalue weighted by atomic mass is 10.1. The van der Waals surface area contributed by atoms with Crippen LogP contribution in [-0.4, -0.2) is 18.5 Å². The first-order valence-electron chi connectivity index (χ1n) is 9.11. The van der Waals surface area contributed by atoms with Gasteiger partial charge in [-0.1, -0.05) is 37.1 Å². The van der Waals surface area contributed by atoms with Crippen molar-refractivity contribution < 1.29 is 18.4 Å². The molecule has 0 spiro atoms. The second kappa shape index (κ2) is 9.89. The quantitative estimate of drug-likeness (QED) is 0.494. The summed E-state index contributed by atoms with van der Waals surface area (Å²) in [6.07, 6.45) is 0.478. The highest BCUT2D eigenvalue weighted by Gasteiger charge is 2.13. The summed E-state index contributed by atoms with van der Waals surface area (Å²) in [6.45, 7) is 0.316. The first-order chi connectivity index (χ1) is 14.4. The van der Waals surface area contributed by atoms with E-state index < -0.39 is 17.8 Å². The second-order valence-electron chi connectivity index (χ2n) is 6.40. The SMILES string of the molecule is O=C(Nc1ccc(N(S)C(=O)NCCc2cccc(F)c2)cc1)c1ccccc1F. The Morgan fingerprint density at radius 1 is 0.933 bits per heavy atom. The number of nitrogens with zero attached hydrogens (tertiary/aromatic N) is 1. The van der Waals surface area contributed by atoms with Crippen LogP contribution in [0.15, 0.2) is 72.8 Å². The summed E-state index contributed by atoms with van der Waals surface area (Å²) in [5, 5.41) is 5.30. The van der Waals surface area contributed by atoms with Gasteiger partial charge in [-0.25, -0.2) is 17.9 Å². The molecule has 0 aliphatic carbocycles. The molecule has 3 aromatic rings. The topological polar surface area (TPSA) is 61.4 Å². The molecule has 0 bridgehead atoms. The minimum atomic E-state index is -0.608. The smallest absolute Gasteiger partial charge is 0.331 e. The van der Waals surface area contributed by atoms with Crippen LogP contribution in [0.3, 0.4) is 0 Å². The van der Waals surface area contributed by atoms with Gasteiger partial charge in [-0.3, -0.25) is 4.79 Å². The zero-order valence-electron chi connectivity index (χ0n) is 15.8. The van der Waals surface area contributed by atoms with Gasteiger partial charge in [0.15, 0.2) is 0 Å². The van der Waals surface area contributed by atoms with E-state index in [1.807, 2.05) is 0 Å². The van der Waals surface area contributed by atoms with Crippen molar-refractivity contribution in [2.75, 3.05) is 16.2 Å². The Bertz CT molecular complexity index is 1040. The Morgan fingerprint density at radius 2 is 1.67 bits per heavy atom. The predicted octanol–water partition coefficient (Wildman–Crippen LogP) is 4.82. The predicted molar refractivity (Wildman–Crippen MR) is 116 cm³/mol. The molecule has 0 aliphatic rings. The molecule has 0 radical (unpaired) electrons. The maximum absolute atomic E-state index is 13.7. The first-order valence-corrected chi connectivity index (χ1v) is 9.51. The maximum atomic E-state index is 13.7. The molecule has 5 nitrogen and oxygen atoms in total. The fraction of sp³-hybridized carbons (Fsp3) is 0.0909. The number of anilines is 2. The Kier molecular flexibility index (Phi) is 7.03. The number of hydrogen-bond donors (Lipinski definition) is 3. The number of hydrogen-bond acceptors (Lipinski definition) is 3. The van der Waals surface area contributed by atoms with Crippen LogP contribution >= 0.6 is 12.8 Å². The molecule has 154 valence electrons. The van der Waals surface area contributed by atoms with E-state index in [1.165, 1.54) is 30.3 Å². The number of carbonyl (C=O) groups excluding carboxylic acids is 2.